The van der Waals surface area contributed by atoms with Gasteiger partial charge in [-0.25, -0.2) is 0 Å². The second kappa shape index (κ2) is 22.0. The van der Waals surface area contributed by atoms with Gasteiger partial charge in [-0.15, -0.1) is 0 Å². The number of aromatic nitrogens is 4. The second-order valence-electron chi connectivity index (χ2n) is 24.8. The molecule has 0 spiro atoms. The molecule has 5 heterocycles. The molecule has 0 saturated carbocycles. The molecule has 5 aromatic heterocycles. The van der Waals surface area contributed by atoms with Crippen molar-refractivity contribution in [1.82, 2.24) is 18.3 Å². The molecule has 0 aliphatic carbocycles. The van der Waals surface area contributed by atoms with Crippen LogP contribution in [0.15, 0.2) is 356 Å². The molecule has 0 amide bonds. The summed E-state index contributed by atoms with van der Waals surface area (Å²) in [7, 11) is 0. The highest BCUT2D eigenvalue weighted by atomic mass is 16.3. The molecule has 0 radical (unpaired) electrons. The number of hydrogen-bond donors (Lipinski definition) is 0. The zero-order valence-electron chi connectivity index (χ0n) is 51.7. The second-order valence-corrected chi connectivity index (χ2v) is 24.8. The van der Waals surface area contributed by atoms with E-state index in [4.69, 9.17) is 4.42 Å². The summed E-state index contributed by atoms with van der Waals surface area (Å²) in [5.74, 6) is 0. The summed E-state index contributed by atoms with van der Waals surface area (Å²) >= 11 is 0. The first-order valence-corrected chi connectivity index (χ1v) is 32.5. The Morgan fingerprint density at radius 3 is 0.989 bits per heavy atom. The zero-order valence-corrected chi connectivity index (χ0v) is 51.7. The molecule has 95 heavy (non-hydrogen) atoms. The lowest BCUT2D eigenvalue weighted by Crippen LogP contribution is -1.96. The minimum absolute atomic E-state index is 0.911. The van der Waals surface area contributed by atoms with Crippen LogP contribution in [-0.4, -0.2) is 18.3 Å². The lowest BCUT2D eigenvalue weighted by molar-refractivity contribution is 0.671. The van der Waals surface area contributed by atoms with Crippen LogP contribution in [0.3, 0.4) is 0 Å². The van der Waals surface area contributed by atoms with Crippen molar-refractivity contribution in [2.45, 2.75) is 0 Å². The highest BCUT2D eigenvalue weighted by Gasteiger charge is 2.22. The van der Waals surface area contributed by atoms with E-state index in [9.17, 15) is 0 Å². The normalized spacial score (nSPS) is 11.8. The van der Waals surface area contributed by atoms with Crippen molar-refractivity contribution >= 4 is 109 Å². The fourth-order valence-corrected chi connectivity index (χ4v) is 15.1. The summed E-state index contributed by atoms with van der Waals surface area (Å²) in [5.41, 5.74) is 25.6. The largest absolute Gasteiger partial charge is 0.454 e. The van der Waals surface area contributed by atoms with E-state index in [1.807, 2.05) is 6.07 Å². The fourth-order valence-electron chi connectivity index (χ4n) is 15.1. The van der Waals surface area contributed by atoms with E-state index >= 15 is 0 Å². The van der Waals surface area contributed by atoms with Crippen molar-refractivity contribution in [3.8, 4) is 67.3 Å². The molecule has 444 valence electrons. The molecule has 20 rings (SSSR count). The number of fused-ring (bicyclic) bond motifs is 16. The molecule has 20 aromatic rings. The Morgan fingerprint density at radius 1 is 0.168 bits per heavy atom. The minimum Gasteiger partial charge on any atom is -0.454 e. The molecule has 0 bridgehead atoms. The van der Waals surface area contributed by atoms with Gasteiger partial charge < -0.3 is 22.7 Å². The average Bonchev–Trinajstić information content (AvgIpc) is 1.58. The first-order chi connectivity index (χ1) is 47.1. The standard InChI is InChI=1S/C48H32N2.C42H26N2O/c1-3-13-33(14-4-1)37-29-38(34-15-5-2-6-16-34)31-40(30-37)50-47-22-12-9-19-43(47)44-32-36(25-28-48(44)50)35-23-26-39(27-24-35)49-45-20-10-7-17-41(45)42-18-8-11-21-46(42)49;1-3-11-29(12-4-1)43-37-17-9-7-15-31(37)35-25-27(19-23-38(35)43)28-20-24-39-36(26-28)33-21-22-34-32-16-8-10-18-40(32)45-42(34)41(33)44(39)30-13-5-2-6-14-30/h1-32H;1-26H. The minimum atomic E-state index is 0.911. The number of nitrogens with zero attached hydrogens (tertiary/aromatic N) is 4. The summed E-state index contributed by atoms with van der Waals surface area (Å²) in [6.07, 6.45) is 0. The Kier molecular flexibility index (Phi) is 12.5. The van der Waals surface area contributed by atoms with Crippen molar-refractivity contribution in [1.29, 1.82) is 0 Å². The molecule has 15 aromatic carbocycles. The van der Waals surface area contributed by atoms with Gasteiger partial charge in [0.25, 0.3) is 0 Å². The Balaban J connectivity index is 0.000000135. The molecule has 0 fully saturated rings. The van der Waals surface area contributed by atoms with Crippen LogP contribution in [-0.2, 0) is 0 Å². The predicted octanol–water partition coefficient (Wildman–Crippen LogP) is 24.3. The van der Waals surface area contributed by atoms with E-state index in [1.54, 1.807) is 0 Å². The van der Waals surface area contributed by atoms with E-state index in [2.05, 4.69) is 364 Å². The van der Waals surface area contributed by atoms with Crippen molar-refractivity contribution < 1.29 is 4.42 Å². The van der Waals surface area contributed by atoms with Gasteiger partial charge >= 0.3 is 0 Å². The topological polar surface area (TPSA) is 32.9 Å². The summed E-state index contributed by atoms with van der Waals surface area (Å²) in [6, 6.07) is 127. The quantitative estimate of drug-likeness (QED) is 0.149. The Morgan fingerprint density at radius 2 is 0.495 bits per heavy atom. The zero-order chi connectivity index (χ0) is 62.5. The molecule has 0 N–H and O–H groups in total. The van der Waals surface area contributed by atoms with E-state index in [0.717, 1.165) is 50.0 Å². The highest BCUT2D eigenvalue weighted by Crippen LogP contribution is 2.44. The molecule has 0 aliphatic rings. The molecule has 0 atom stereocenters. The van der Waals surface area contributed by atoms with Crippen LogP contribution in [0.5, 0.6) is 0 Å². The highest BCUT2D eigenvalue weighted by molar-refractivity contribution is 6.22. The third-order valence-corrected chi connectivity index (χ3v) is 19.4. The average molecular weight is 1210 g/mol. The first kappa shape index (κ1) is 54.1. The van der Waals surface area contributed by atoms with Gasteiger partial charge in [-0.1, -0.05) is 224 Å². The van der Waals surface area contributed by atoms with Crippen molar-refractivity contribution in [3.05, 3.63) is 352 Å². The maximum Gasteiger partial charge on any atom is 0.160 e. The van der Waals surface area contributed by atoms with Gasteiger partial charge in [0.2, 0.25) is 0 Å². The monoisotopic (exact) mass is 1210 g/mol. The van der Waals surface area contributed by atoms with Crippen LogP contribution in [0, 0.1) is 0 Å². The van der Waals surface area contributed by atoms with E-state index < -0.39 is 0 Å². The van der Waals surface area contributed by atoms with Gasteiger partial charge in [-0.2, -0.15) is 0 Å². The summed E-state index contributed by atoms with van der Waals surface area (Å²) in [6.45, 7) is 0. The van der Waals surface area contributed by atoms with Crippen molar-refractivity contribution in [2.75, 3.05) is 0 Å². The molecule has 0 aliphatic heterocycles. The first-order valence-electron chi connectivity index (χ1n) is 32.5. The Labute approximate surface area is 547 Å². The predicted molar refractivity (Wildman–Crippen MR) is 399 cm³/mol. The number of furan rings is 1. The summed E-state index contributed by atoms with van der Waals surface area (Å²) in [5, 5.41) is 12.2. The summed E-state index contributed by atoms with van der Waals surface area (Å²) in [4.78, 5) is 0. The van der Waals surface area contributed by atoms with Gasteiger partial charge in [0.05, 0.1) is 44.1 Å². The number of rotatable bonds is 8. The van der Waals surface area contributed by atoms with Gasteiger partial charge in [-0.05, 0) is 172 Å². The molecule has 0 unspecified atom stereocenters. The summed E-state index contributed by atoms with van der Waals surface area (Å²) < 4.78 is 16.1. The van der Waals surface area contributed by atoms with Crippen LogP contribution in [0.4, 0.5) is 0 Å². The third kappa shape index (κ3) is 8.85. The van der Waals surface area contributed by atoms with Crippen LogP contribution < -0.4 is 0 Å². The smallest absolute Gasteiger partial charge is 0.160 e. The van der Waals surface area contributed by atoms with Crippen molar-refractivity contribution in [3.63, 3.8) is 0 Å². The maximum atomic E-state index is 6.58. The lowest BCUT2D eigenvalue weighted by atomic mass is 9.98. The molecular formula is C90H58N4O. The maximum absolute atomic E-state index is 6.58. The Bertz CT molecular complexity index is 6260. The molecule has 5 nitrogen and oxygen atoms in total. The lowest BCUT2D eigenvalue weighted by Gasteiger charge is -2.14. The van der Waals surface area contributed by atoms with Gasteiger partial charge in [0.15, 0.2) is 5.58 Å². The van der Waals surface area contributed by atoms with E-state index in [0.29, 0.717) is 0 Å². The van der Waals surface area contributed by atoms with Gasteiger partial charge in [0, 0.05) is 76.6 Å². The number of para-hydroxylation sites is 7. The van der Waals surface area contributed by atoms with Gasteiger partial charge in [-0.3, -0.25) is 0 Å². The van der Waals surface area contributed by atoms with E-state index in [1.165, 1.54) is 126 Å². The van der Waals surface area contributed by atoms with Gasteiger partial charge in [0.1, 0.15) is 5.58 Å². The van der Waals surface area contributed by atoms with Crippen molar-refractivity contribution in [2.24, 2.45) is 0 Å². The molecular weight excluding hydrogens is 1150 g/mol. The molecule has 5 heteroatoms. The van der Waals surface area contributed by atoms with Crippen LogP contribution in [0.2, 0.25) is 0 Å². The van der Waals surface area contributed by atoms with E-state index in [-0.39, 0.29) is 0 Å². The van der Waals surface area contributed by atoms with Crippen LogP contribution >= 0.6 is 0 Å². The fraction of sp³-hybridized carbons (Fsp3) is 0. The Hall–Kier alpha value is -12.7. The van der Waals surface area contributed by atoms with Crippen LogP contribution in [0.25, 0.3) is 176 Å². The molecule has 0 saturated heterocycles. The van der Waals surface area contributed by atoms with Crippen LogP contribution in [0.1, 0.15) is 0 Å². The third-order valence-electron chi connectivity index (χ3n) is 19.4. The SMILES string of the molecule is c1ccc(-c2cc(-c3ccccc3)cc(-n3c4ccccc4c4cc(-c5ccc(-n6c7ccccc7c7ccccc76)cc5)ccc43)c2)cc1.c1ccc(-n2c3ccccc3c3cc(-c4ccc5c(c4)c4ccc6c7ccccc7oc6c4n5-c4ccccc4)ccc32)cc1. The number of benzene rings is 15. The number of hydrogen-bond acceptors (Lipinski definition) is 1.